The van der Waals surface area contributed by atoms with Crippen LogP contribution < -0.4 is 14.9 Å². The fourth-order valence-electron chi connectivity index (χ4n) is 4.15. The number of benzene rings is 2. The molecule has 0 spiro atoms. The lowest BCUT2D eigenvalue weighted by Crippen LogP contribution is -2.44. The van der Waals surface area contributed by atoms with Gasteiger partial charge in [-0.25, -0.2) is 22.5 Å². The third-order valence-electron chi connectivity index (χ3n) is 5.73. The molecule has 168 valence electrons. The highest BCUT2D eigenvalue weighted by molar-refractivity contribution is 6.01. The second-order valence-corrected chi connectivity index (χ2v) is 7.74. The van der Waals surface area contributed by atoms with Gasteiger partial charge in [0, 0.05) is 49.3 Å². The summed E-state index contributed by atoms with van der Waals surface area (Å²) in [5.41, 5.74) is -0.392. The van der Waals surface area contributed by atoms with Crippen LogP contribution in [0.3, 0.4) is 0 Å². The molecule has 33 heavy (non-hydrogen) atoms. The highest BCUT2D eigenvalue weighted by atomic mass is 19.1. The topological polar surface area (TPSA) is 55.1 Å². The van der Waals surface area contributed by atoms with Gasteiger partial charge < -0.3 is 15.4 Å². The van der Waals surface area contributed by atoms with E-state index in [0.717, 1.165) is 30.5 Å². The van der Waals surface area contributed by atoms with Crippen LogP contribution in [0.1, 0.15) is 0 Å². The molecule has 0 aliphatic carbocycles. The molecular formula is C24H18F4N4O. The molecule has 1 fully saturated rings. The monoisotopic (exact) mass is 454 g/mol. The lowest BCUT2D eigenvalue weighted by Gasteiger charge is -2.29. The van der Waals surface area contributed by atoms with Crippen molar-refractivity contribution < 1.29 is 22.3 Å². The molecule has 1 N–H and O–H groups in total. The number of nitrogens with one attached hydrogen (secondary N) is 1. The first-order valence-corrected chi connectivity index (χ1v) is 10.4. The van der Waals surface area contributed by atoms with E-state index < -0.39 is 28.8 Å². The standard InChI is InChI=1S/C24H18F4N4O/c25-14-4-5-15(20(28)12-14)17-13-21(31-10-7-29-8-11-31)30-23-16(17)6-9-32(33)24(23)22-18(26)2-1-3-19(22)27/h1-6,9,12-13,29H,7-8,10-11H2. The molecular weight excluding hydrogens is 436 g/mol. The number of halogens is 4. The third-order valence-corrected chi connectivity index (χ3v) is 5.73. The Morgan fingerprint density at radius 3 is 2.30 bits per heavy atom. The number of hydrogen-bond acceptors (Lipinski definition) is 4. The van der Waals surface area contributed by atoms with Crippen molar-refractivity contribution in [2.75, 3.05) is 31.1 Å². The molecule has 9 heteroatoms. The summed E-state index contributed by atoms with van der Waals surface area (Å²) < 4.78 is 58.1. The summed E-state index contributed by atoms with van der Waals surface area (Å²) >= 11 is 0. The number of rotatable bonds is 3. The van der Waals surface area contributed by atoms with Crippen LogP contribution in [0.5, 0.6) is 0 Å². The van der Waals surface area contributed by atoms with Crippen LogP contribution >= 0.6 is 0 Å². The molecule has 1 saturated heterocycles. The van der Waals surface area contributed by atoms with Gasteiger partial charge in [-0.05, 0) is 35.9 Å². The molecule has 5 rings (SSSR count). The van der Waals surface area contributed by atoms with Gasteiger partial charge in [-0.3, -0.25) is 0 Å². The van der Waals surface area contributed by atoms with Gasteiger partial charge in [0.15, 0.2) is 6.20 Å². The molecule has 5 nitrogen and oxygen atoms in total. The molecule has 0 amide bonds. The zero-order valence-electron chi connectivity index (χ0n) is 17.3. The number of anilines is 1. The van der Waals surface area contributed by atoms with E-state index in [4.69, 9.17) is 0 Å². The zero-order valence-corrected chi connectivity index (χ0v) is 17.3. The third kappa shape index (κ3) is 3.74. The van der Waals surface area contributed by atoms with Gasteiger partial charge in [0.05, 0.1) is 0 Å². The van der Waals surface area contributed by atoms with E-state index in [1.165, 1.54) is 18.2 Å². The molecule has 0 unspecified atom stereocenters. The minimum absolute atomic E-state index is 0.0197. The molecule has 0 radical (unpaired) electrons. The van der Waals surface area contributed by atoms with Gasteiger partial charge in [0.2, 0.25) is 0 Å². The Morgan fingerprint density at radius 2 is 1.61 bits per heavy atom. The minimum Gasteiger partial charge on any atom is -0.618 e. The lowest BCUT2D eigenvalue weighted by atomic mass is 9.98. The number of piperazine rings is 1. The first-order chi connectivity index (χ1) is 15.9. The average Bonchev–Trinajstić information content (AvgIpc) is 2.80. The van der Waals surface area contributed by atoms with Crippen molar-refractivity contribution in [2.45, 2.75) is 0 Å². The Bertz CT molecular complexity index is 1350. The molecule has 0 saturated carbocycles. The molecule has 0 atom stereocenters. The predicted octanol–water partition coefficient (Wildman–Crippen LogP) is 4.17. The molecule has 2 aromatic heterocycles. The van der Waals surface area contributed by atoms with E-state index in [2.05, 4.69) is 10.3 Å². The Labute approximate surface area is 186 Å². The fraction of sp³-hybridized carbons (Fsp3) is 0.167. The first kappa shape index (κ1) is 21.1. The van der Waals surface area contributed by atoms with Crippen LogP contribution in [0.2, 0.25) is 0 Å². The maximum Gasteiger partial charge on any atom is 0.256 e. The number of pyridine rings is 2. The van der Waals surface area contributed by atoms with Crippen molar-refractivity contribution in [3.8, 4) is 22.4 Å². The van der Waals surface area contributed by atoms with E-state index in [1.54, 1.807) is 6.07 Å². The van der Waals surface area contributed by atoms with E-state index >= 15 is 0 Å². The fourth-order valence-corrected chi connectivity index (χ4v) is 4.15. The zero-order chi connectivity index (χ0) is 23.1. The summed E-state index contributed by atoms with van der Waals surface area (Å²) in [6, 6.07) is 9.56. The van der Waals surface area contributed by atoms with Gasteiger partial charge in [-0.1, -0.05) is 6.07 Å². The Hall–Kier alpha value is -3.72. The van der Waals surface area contributed by atoms with Crippen molar-refractivity contribution >= 4 is 16.7 Å². The number of fused-ring (bicyclic) bond motifs is 1. The SMILES string of the molecule is [O-][n+]1ccc2c(-c3ccc(F)cc3F)cc(N3CCNCC3)nc2c1-c1c(F)cccc1F. The second-order valence-electron chi connectivity index (χ2n) is 7.74. The minimum atomic E-state index is -0.920. The van der Waals surface area contributed by atoms with Crippen LogP contribution in [0.4, 0.5) is 23.4 Å². The largest absolute Gasteiger partial charge is 0.618 e. The summed E-state index contributed by atoms with van der Waals surface area (Å²) in [6.45, 7) is 2.56. The van der Waals surface area contributed by atoms with Gasteiger partial charge >= 0.3 is 0 Å². The average molecular weight is 454 g/mol. The lowest BCUT2D eigenvalue weighted by molar-refractivity contribution is -0.592. The van der Waals surface area contributed by atoms with Crippen LogP contribution in [0.25, 0.3) is 33.3 Å². The van der Waals surface area contributed by atoms with Crippen molar-refractivity contribution in [3.05, 3.63) is 83.2 Å². The Kier molecular flexibility index (Phi) is 5.33. The van der Waals surface area contributed by atoms with Gasteiger partial charge in [-0.2, -0.15) is 4.73 Å². The molecule has 3 heterocycles. The molecule has 1 aliphatic rings. The summed E-state index contributed by atoms with van der Waals surface area (Å²) in [7, 11) is 0. The molecule has 2 aromatic carbocycles. The van der Waals surface area contributed by atoms with Crippen molar-refractivity contribution in [1.29, 1.82) is 0 Å². The quantitative estimate of drug-likeness (QED) is 0.287. The van der Waals surface area contributed by atoms with Gasteiger partial charge in [0.1, 0.15) is 40.2 Å². The summed E-state index contributed by atoms with van der Waals surface area (Å²) in [5.74, 6) is -2.95. The molecule has 0 bridgehead atoms. The Balaban J connectivity index is 1.87. The summed E-state index contributed by atoms with van der Waals surface area (Å²) in [5, 5.41) is 16.3. The molecule has 4 aromatic rings. The summed E-state index contributed by atoms with van der Waals surface area (Å²) in [6.07, 6.45) is 1.10. The maximum atomic E-state index is 14.8. The normalized spacial score (nSPS) is 14.1. The molecule has 1 aliphatic heterocycles. The van der Waals surface area contributed by atoms with Crippen LogP contribution in [0.15, 0.2) is 54.7 Å². The highest BCUT2D eigenvalue weighted by Crippen LogP contribution is 2.37. The van der Waals surface area contributed by atoms with E-state index in [0.29, 0.717) is 47.7 Å². The highest BCUT2D eigenvalue weighted by Gasteiger charge is 2.27. The summed E-state index contributed by atoms with van der Waals surface area (Å²) in [4.78, 5) is 6.53. The maximum absolute atomic E-state index is 14.8. The van der Waals surface area contributed by atoms with Crippen LogP contribution in [-0.4, -0.2) is 31.2 Å². The first-order valence-electron chi connectivity index (χ1n) is 10.4. The van der Waals surface area contributed by atoms with Gasteiger partial charge in [-0.15, -0.1) is 0 Å². The smallest absolute Gasteiger partial charge is 0.256 e. The van der Waals surface area contributed by atoms with Crippen LogP contribution in [-0.2, 0) is 0 Å². The van der Waals surface area contributed by atoms with Gasteiger partial charge in [0.25, 0.3) is 5.69 Å². The number of nitrogens with zero attached hydrogens (tertiary/aromatic N) is 3. The predicted molar refractivity (Wildman–Crippen MR) is 116 cm³/mol. The van der Waals surface area contributed by atoms with E-state index in [9.17, 15) is 22.8 Å². The Morgan fingerprint density at radius 1 is 0.879 bits per heavy atom. The van der Waals surface area contributed by atoms with Crippen LogP contribution in [0, 0.1) is 28.5 Å². The van der Waals surface area contributed by atoms with Crippen molar-refractivity contribution in [3.63, 3.8) is 0 Å². The van der Waals surface area contributed by atoms with E-state index in [1.807, 2.05) is 4.90 Å². The number of hydrogen-bond donors (Lipinski definition) is 1. The van der Waals surface area contributed by atoms with Crippen molar-refractivity contribution in [1.82, 2.24) is 10.3 Å². The number of aromatic nitrogens is 2. The van der Waals surface area contributed by atoms with Crippen molar-refractivity contribution in [2.24, 2.45) is 0 Å². The van der Waals surface area contributed by atoms with E-state index in [-0.39, 0.29) is 16.8 Å². The second kappa shape index (κ2) is 8.32.